The number of nitrogens with one attached hydrogen (secondary N) is 1. The summed E-state index contributed by atoms with van der Waals surface area (Å²) in [6.45, 7) is 6.55. The number of carbonyl (C=O) groups is 1. The third-order valence-electron chi connectivity index (χ3n) is 5.80. The summed E-state index contributed by atoms with van der Waals surface area (Å²) in [4.78, 5) is 12.5. The fraction of sp³-hybridized carbons (Fsp3) is 0.241. The summed E-state index contributed by atoms with van der Waals surface area (Å²) in [6, 6.07) is 23.4. The molecule has 0 bridgehead atoms. The van der Waals surface area contributed by atoms with Crippen molar-refractivity contribution in [3.05, 3.63) is 83.9 Å². The zero-order valence-corrected chi connectivity index (χ0v) is 23.0. The lowest BCUT2D eigenvalue weighted by atomic mass is 9.87. The summed E-state index contributed by atoms with van der Waals surface area (Å²) in [7, 11) is 3.24. The largest absolute Gasteiger partial charge is 0.497 e. The van der Waals surface area contributed by atoms with Crippen LogP contribution < -0.4 is 14.9 Å². The molecule has 1 N–H and O–H groups in total. The second kappa shape index (κ2) is 12.0. The number of hydrogen-bond acceptors (Lipinski definition) is 7. The standard InChI is InChI=1S/C29H31N5O3S/c1-29(2,3)22-11-9-21(10-12-22)27-32-33-28(34(27)23-13-15-24(36-4)16-14-23)38-19-26(35)31-30-18-20-7-6-8-25(17-20)37-5/h6-18H,19H2,1-5H3,(H,31,35)/b30-18+. The van der Waals surface area contributed by atoms with Gasteiger partial charge < -0.3 is 9.47 Å². The van der Waals surface area contributed by atoms with E-state index in [0.717, 1.165) is 28.3 Å². The highest BCUT2D eigenvalue weighted by molar-refractivity contribution is 7.99. The number of hydrazone groups is 1. The van der Waals surface area contributed by atoms with E-state index in [2.05, 4.69) is 65.8 Å². The Morgan fingerprint density at radius 2 is 1.68 bits per heavy atom. The SMILES string of the molecule is COc1ccc(-n2c(SCC(=O)N/N=C/c3cccc(OC)c3)nnc2-c2ccc(C(C)(C)C)cc2)cc1. The van der Waals surface area contributed by atoms with E-state index < -0.39 is 0 Å². The molecule has 0 aliphatic rings. The van der Waals surface area contributed by atoms with Crippen LogP contribution in [0.2, 0.25) is 0 Å². The first-order valence-electron chi connectivity index (χ1n) is 12.1. The Bertz CT molecular complexity index is 1410. The maximum atomic E-state index is 12.5. The first-order chi connectivity index (χ1) is 18.3. The Hall–Kier alpha value is -4.11. The van der Waals surface area contributed by atoms with Crippen molar-refractivity contribution in [1.29, 1.82) is 0 Å². The van der Waals surface area contributed by atoms with Gasteiger partial charge in [-0.05, 0) is 52.9 Å². The van der Waals surface area contributed by atoms with Crippen LogP contribution in [0.15, 0.2) is 83.1 Å². The number of thioether (sulfide) groups is 1. The molecule has 9 heteroatoms. The average Bonchev–Trinajstić information content (AvgIpc) is 3.35. The highest BCUT2D eigenvalue weighted by Gasteiger charge is 2.19. The Kier molecular flexibility index (Phi) is 8.48. The first-order valence-corrected chi connectivity index (χ1v) is 13.1. The van der Waals surface area contributed by atoms with E-state index in [0.29, 0.717) is 11.0 Å². The molecule has 0 fully saturated rings. The number of rotatable bonds is 9. The summed E-state index contributed by atoms with van der Waals surface area (Å²) < 4.78 is 12.5. The van der Waals surface area contributed by atoms with Crippen LogP contribution in [0, 0.1) is 0 Å². The van der Waals surface area contributed by atoms with Gasteiger partial charge in [-0.15, -0.1) is 10.2 Å². The minimum atomic E-state index is -0.255. The second-order valence-corrected chi connectivity index (χ2v) is 10.5. The van der Waals surface area contributed by atoms with Gasteiger partial charge in [0.1, 0.15) is 11.5 Å². The molecule has 0 unspecified atom stereocenters. The molecule has 4 aromatic rings. The van der Waals surface area contributed by atoms with Crippen LogP contribution in [0.25, 0.3) is 17.1 Å². The van der Waals surface area contributed by atoms with Crippen LogP contribution in [0.4, 0.5) is 0 Å². The first kappa shape index (κ1) is 26.9. The Morgan fingerprint density at radius 3 is 2.34 bits per heavy atom. The Labute approximate surface area is 227 Å². The van der Waals surface area contributed by atoms with Gasteiger partial charge in [-0.1, -0.05) is 68.9 Å². The maximum absolute atomic E-state index is 12.5. The molecule has 0 aliphatic carbocycles. The van der Waals surface area contributed by atoms with Crippen LogP contribution in [0.3, 0.4) is 0 Å². The minimum Gasteiger partial charge on any atom is -0.497 e. The molecule has 0 radical (unpaired) electrons. The van der Waals surface area contributed by atoms with E-state index in [-0.39, 0.29) is 17.1 Å². The van der Waals surface area contributed by atoms with Crippen molar-refractivity contribution in [3.63, 3.8) is 0 Å². The van der Waals surface area contributed by atoms with Gasteiger partial charge >= 0.3 is 0 Å². The molecule has 0 atom stereocenters. The molecule has 0 aliphatic heterocycles. The molecular weight excluding hydrogens is 498 g/mol. The molecule has 1 amide bonds. The van der Waals surface area contributed by atoms with E-state index in [1.807, 2.05) is 53.1 Å². The molecule has 0 spiro atoms. The number of nitrogens with zero attached hydrogens (tertiary/aromatic N) is 4. The van der Waals surface area contributed by atoms with Crippen molar-refractivity contribution < 1.29 is 14.3 Å². The van der Waals surface area contributed by atoms with Gasteiger partial charge in [0.05, 0.1) is 26.2 Å². The molecule has 0 saturated heterocycles. The topological polar surface area (TPSA) is 90.6 Å². The van der Waals surface area contributed by atoms with Crippen molar-refractivity contribution >= 4 is 23.9 Å². The molecule has 1 aromatic heterocycles. The molecule has 0 saturated carbocycles. The van der Waals surface area contributed by atoms with E-state index in [1.54, 1.807) is 20.4 Å². The van der Waals surface area contributed by atoms with Crippen molar-refractivity contribution in [2.24, 2.45) is 5.10 Å². The van der Waals surface area contributed by atoms with Gasteiger partial charge in [0.25, 0.3) is 5.91 Å². The van der Waals surface area contributed by atoms with Gasteiger partial charge in [0.15, 0.2) is 11.0 Å². The van der Waals surface area contributed by atoms with Gasteiger partial charge in [-0.3, -0.25) is 9.36 Å². The lowest BCUT2D eigenvalue weighted by Crippen LogP contribution is -2.20. The monoisotopic (exact) mass is 529 g/mol. The molecular formula is C29H31N5O3S. The van der Waals surface area contributed by atoms with E-state index in [4.69, 9.17) is 9.47 Å². The van der Waals surface area contributed by atoms with Crippen molar-refractivity contribution in [1.82, 2.24) is 20.2 Å². The summed E-state index contributed by atoms with van der Waals surface area (Å²) in [5.74, 6) is 2.02. The van der Waals surface area contributed by atoms with Gasteiger partial charge in [0.2, 0.25) is 0 Å². The normalized spacial score (nSPS) is 11.5. The molecule has 1 heterocycles. The summed E-state index contributed by atoms with van der Waals surface area (Å²) >= 11 is 1.29. The predicted octanol–water partition coefficient (Wildman–Crippen LogP) is 5.49. The number of aromatic nitrogens is 3. The van der Waals surface area contributed by atoms with Gasteiger partial charge in [-0.2, -0.15) is 5.10 Å². The van der Waals surface area contributed by atoms with E-state index in [9.17, 15) is 4.79 Å². The Morgan fingerprint density at radius 1 is 0.974 bits per heavy atom. The Balaban J connectivity index is 1.54. The predicted molar refractivity (Wildman–Crippen MR) is 152 cm³/mol. The van der Waals surface area contributed by atoms with Crippen LogP contribution >= 0.6 is 11.8 Å². The zero-order valence-electron chi connectivity index (χ0n) is 22.1. The quantitative estimate of drug-likeness (QED) is 0.175. The van der Waals surface area contributed by atoms with Crippen LogP contribution in [0.5, 0.6) is 11.5 Å². The number of hydrogen-bond donors (Lipinski definition) is 1. The van der Waals surface area contributed by atoms with E-state index >= 15 is 0 Å². The summed E-state index contributed by atoms with van der Waals surface area (Å²) in [5, 5.41) is 13.5. The van der Waals surface area contributed by atoms with Gasteiger partial charge in [-0.25, -0.2) is 5.43 Å². The molecule has 196 valence electrons. The third-order valence-corrected chi connectivity index (χ3v) is 6.73. The number of benzene rings is 3. The molecule has 3 aromatic carbocycles. The smallest absolute Gasteiger partial charge is 0.250 e. The highest BCUT2D eigenvalue weighted by atomic mass is 32.2. The maximum Gasteiger partial charge on any atom is 0.250 e. The fourth-order valence-corrected chi connectivity index (χ4v) is 4.44. The summed E-state index contributed by atoms with van der Waals surface area (Å²) in [5.41, 5.74) is 6.46. The van der Waals surface area contributed by atoms with Crippen LogP contribution in [-0.2, 0) is 10.2 Å². The van der Waals surface area contributed by atoms with Crippen molar-refractivity contribution in [2.45, 2.75) is 31.3 Å². The molecule has 4 rings (SSSR count). The third kappa shape index (κ3) is 6.60. The van der Waals surface area contributed by atoms with Crippen molar-refractivity contribution in [3.8, 4) is 28.6 Å². The van der Waals surface area contributed by atoms with Crippen LogP contribution in [0.1, 0.15) is 31.9 Å². The lowest BCUT2D eigenvalue weighted by molar-refractivity contribution is -0.118. The van der Waals surface area contributed by atoms with Gasteiger partial charge in [0, 0.05) is 11.3 Å². The fourth-order valence-electron chi connectivity index (χ4n) is 3.70. The molecule has 8 nitrogen and oxygen atoms in total. The minimum absolute atomic E-state index is 0.0472. The van der Waals surface area contributed by atoms with E-state index in [1.165, 1.54) is 17.3 Å². The van der Waals surface area contributed by atoms with Crippen LogP contribution in [-0.4, -0.2) is 46.9 Å². The lowest BCUT2D eigenvalue weighted by Gasteiger charge is -2.19. The van der Waals surface area contributed by atoms with Crippen molar-refractivity contribution in [2.75, 3.05) is 20.0 Å². The molecule has 38 heavy (non-hydrogen) atoms. The number of ether oxygens (including phenoxy) is 2. The highest BCUT2D eigenvalue weighted by Crippen LogP contribution is 2.30. The second-order valence-electron chi connectivity index (χ2n) is 9.53. The summed E-state index contributed by atoms with van der Waals surface area (Å²) in [6.07, 6.45) is 1.57. The average molecular weight is 530 g/mol. The number of carbonyl (C=O) groups excluding carboxylic acids is 1. The number of methoxy groups -OCH3 is 2. The zero-order chi connectivity index (χ0) is 27.1. The number of amides is 1.